The van der Waals surface area contributed by atoms with Crippen molar-refractivity contribution in [3.8, 4) is 5.75 Å². The lowest BCUT2D eigenvalue weighted by molar-refractivity contribution is -0.121. The Labute approximate surface area is 104 Å². The van der Waals surface area contributed by atoms with Crippen LogP contribution in [0.2, 0.25) is 0 Å². The summed E-state index contributed by atoms with van der Waals surface area (Å²) in [7, 11) is -4.56. The molecule has 0 heterocycles. The van der Waals surface area contributed by atoms with Crippen molar-refractivity contribution in [1.82, 2.24) is 5.48 Å². The molecule has 8 heteroatoms. The normalized spacial score (nSPS) is 13.1. The minimum atomic E-state index is -4.56. The van der Waals surface area contributed by atoms with E-state index < -0.39 is 13.9 Å². The Morgan fingerprint density at radius 1 is 1.39 bits per heavy atom. The molecule has 0 radical (unpaired) electrons. The third kappa shape index (κ3) is 4.95. The molecule has 0 fully saturated rings. The van der Waals surface area contributed by atoms with E-state index in [0.29, 0.717) is 0 Å². The van der Waals surface area contributed by atoms with E-state index >= 15 is 0 Å². The van der Waals surface area contributed by atoms with E-state index in [-0.39, 0.29) is 18.0 Å². The van der Waals surface area contributed by atoms with Crippen LogP contribution in [-0.2, 0) is 15.8 Å². The standard InChI is InChI=1S/C10H14NO6P/c1-7(12)10(11-13)6-8-2-4-9(5-3-8)17-18(14,15)16/h2-5,10-11,13H,6H2,1H3,(H2,14,15,16). The molecule has 0 saturated heterocycles. The molecule has 0 saturated carbocycles. The van der Waals surface area contributed by atoms with Gasteiger partial charge in [0.25, 0.3) is 0 Å². The van der Waals surface area contributed by atoms with Crippen molar-refractivity contribution in [2.45, 2.75) is 19.4 Å². The monoisotopic (exact) mass is 275 g/mol. The van der Waals surface area contributed by atoms with Crippen LogP contribution in [0.3, 0.4) is 0 Å². The summed E-state index contributed by atoms with van der Waals surface area (Å²) in [5.41, 5.74) is 2.61. The highest BCUT2D eigenvalue weighted by molar-refractivity contribution is 7.46. The highest BCUT2D eigenvalue weighted by Crippen LogP contribution is 2.37. The van der Waals surface area contributed by atoms with Gasteiger partial charge in [-0.3, -0.25) is 14.6 Å². The average molecular weight is 275 g/mol. The first kappa shape index (κ1) is 14.8. The predicted octanol–water partition coefficient (Wildman–Crippen LogP) is 0.637. The zero-order valence-corrected chi connectivity index (χ0v) is 10.5. The van der Waals surface area contributed by atoms with Crippen molar-refractivity contribution in [3.63, 3.8) is 0 Å². The number of Topliss-reactive ketones (excluding diaryl/α,β-unsaturated/α-hetero) is 1. The van der Waals surface area contributed by atoms with Crippen molar-refractivity contribution in [2.24, 2.45) is 0 Å². The van der Waals surface area contributed by atoms with Gasteiger partial charge >= 0.3 is 7.82 Å². The Morgan fingerprint density at radius 2 is 1.94 bits per heavy atom. The van der Waals surface area contributed by atoms with E-state index in [1.165, 1.54) is 19.1 Å². The Balaban J connectivity index is 2.71. The van der Waals surface area contributed by atoms with Crippen LogP contribution >= 0.6 is 7.82 Å². The van der Waals surface area contributed by atoms with E-state index in [4.69, 9.17) is 15.0 Å². The number of hydrogen-bond donors (Lipinski definition) is 4. The van der Waals surface area contributed by atoms with Crippen molar-refractivity contribution in [3.05, 3.63) is 29.8 Å². The first-order valence-electron chi connectivity index (χ1n) is 5.06. The van der Waals surface area contributed by atoms with Crippen LogP contribution in [0.1, 0.15) is 12.5 Å². The minimum absolute atomic E-state index is 0.0309. The maximum absolute atomic E-state index is 11.1. The first-order chi connectivity index (χ1) is 8.31. The molecule has 1 aromatic carbocycles. The summed E-state index contributed by atoms with van der Waals surface area (Å²) in [6.07, 6.45) is 0.266. The molecule has 1 unspecified atom stereocenters. The second kappa shape index (κ2) is 6.08. The summed E-state index contributed by atoms with van der Waals surface area (Å²) in [6.45, 7) is 1.35. The molecule has 0 aromatic heterocycles. The molecule has 0 amide bonds. The van der Waals surface area contributed by atoms with Crippen LogP contribution in [0.15, 0.2) is 24.3 Å². The van der Waals surface area contributed by atoms with Gasteiger partial charge in [-0.25, -0.2) is 4.57 Å². The van der Waals surface area contributed by atoms with E-state index in [9.17, 15) is 9.36 Å². The Kier molecular flexibility index (Phi) is 5.01. The van der Waals surface area contributed by atoms with Gasteiger partial charge in [0.2, 0.25) is 0 Å². The molecule has 18 heavy (non-hydrogen) atoms. The fourth-order valence-electron chi connectivity index (χ4n) is 1.34. The molecule has 0 aliphatic rings. The van der Waals surface area contributed by atoms with E-state index in [0.717, 1.165) is 5.56 Å². The maximum Gasteiger partial charge on any atom is 0.524 e. The lowest BCUT2D eigenvalue weighted by Gasteiger charge is -2.12. The van der Waals surface area contributed by atoms with Gasteiger partial charge in [0.1, 0.15) is 11.5 Å². The Bertz CT molecular complexity index is 454. The zero-order chi connectivity index (χ0) is 13.8. The highest BCUT2D eigenvalue weighted by Gasteiger charge is 2.16. The van der Waals surface area contributed by atoms with Crippen LogP contribution in [0, 0.1) is 0 Å². The zero-order valence-electron chi connectivity index (χ0n) is 9.61. The molecule has 0 aliphatic carbocycles. The summed E-state index contributed by atoms with van der Waals surface area (Å²) in [5, 5.41) is 8.77. The van der Waals surface area contributed by atoms with Gasteiger partial charge in [-0.05, 0) is 31.0 Å². The molecular weight excluding hydrogens is 261 g/mol. The second-order valence-electron chi connectivity index (χ2n) is 3.72. The maximum atomic E-state index is 11.1. The number of hydroxylamine groups is 1. The number of hydrogen-bond acceptors (Lipinski definition) is 5. The third-order valence-corrected chi connectivity index (χ3v) is 2.68. The van der Waals surface area contributed by atoms with Crippen LogP contribution in [0.4, 0.5) is 0 Å². The molecule has 1 aromatic rings. The average Bonchev–Trinajstić information content (AvgIpc) is 2.25. The number of phosphoric acid groups is 1. The quantitative estimate of drug-likeness (QED) is 0.444. The van der Waals surface area contributed by atoms with Crippen LogP contribution in [0.5, 0.6) is 5.75 Å². The fraction of sp³-hybridized carbons (Fsp3) is 0.300. The summed E-state index contributed by atoms with van der Waals surface area (Å²) < 4.78 is 15.0. The van der Waals surface area contributed by atoms with E-state index in [1.807, 2.05) is 5.48 Å². The third-order valence-electron chi connectivity index (χ3n) is 2.23. The van der Waals surface area contributed by atoms with Gasteiger partial charge in [-0.2, -0.15) is 5.48 Å². The number of carbonyl (C=O) groups is 1. The molecule has 7 nitrogen and oxygen atoms in total. The van der Waals surface area contributed by atoms with Crippen molar-refractivity contribution >= 4 is 13.6 Å². The number of ketones is 1. The minimum Gasteiger partial charge on any atom is -0.404 e. The van der Waals surface area contributed by atoms with Crippen LogP contribution in [0.25, 0.3) is 0 Å². The molecule has 100 valence electrons. The molecule has 1 rings (SSSR count). The summed E-state index contributed by atoms with van der Waals surface area (Å²) in [4.78, 5) is 28.3. The van der Waals surface area contributed by atoms with Gasteiger partial charge < -0.3 is 9.73 Å². The predicted molar refractivity (Wildman–Crippen MR) is 62.2 cm³/mol. The van der Waals surface area contributed by atoms with Gasteiger partial charge in [0.15, 0.2) is 0 Å². The molecule has 1 atom stereocenters. The smallest absolute Gasteiger partial charge is 0.404 e. The lowest BCUT2D eigenvalue weighted by atomic mass is 10.0. The number of rotatable bonds is 6. The lowest BCUT2D eigenvalue weighted by Crippen LogP contribution is -2.34. The molecule has 0 spiro atoms. The molecule has 4 N–H and O–H groups in total. The van der Waals surface area contributed by atoms with E-state index in [1.54, 1.807) is 12.1 Å². The SMILES string of the molecule is CC(=O)C(Cc1ccc(OP(=O)(O)O)cc1)NO. The number of carbonyl (C=O) groups excluding carboxylic acids is 1. The van der Waals surface area contributed by atoms with Crippen molar-refractivity contribution in [1.29, 1.82) is 0 Å². The van der Waals surface area contributed by atoms with Gasteiger partial charge in [-0.1, -0.05) is 12.1 Å². The second-order valence-corrected chi connectivity index (χ2v) is 4.89. The van der Waals surface area contributed by atoms with Crippen molar-refractivity contribution in [2.75, 3.05) is 0 Å². The van der Waals surface area contributed by atoms with Gasteiger partial charge in [0, 0.05) is 0 Å². The van der Waals surface area contributed by atoms with E-state index in [2.05, 4.69) is 4.52 Å². The fourth-order valence-corrected chi connectivity index (χ4v) is 1.74. The summed E-state index contributed by atoms with van der Waals surface area (Å²) in [6, 6.07) is 5.15. The summed E-state index contributed by atoms with van der Waals surface area (Å²) in [5.74, 6) is -0.184. The van der Waals surface area contributed by atoms with Gasteiger partial charge in [0.05, 0.1) is 6.04 Å². The number of benzene rings is 1. The first-order valence-corrected chi connectivity index (χ1v) is 6.59. The molecule has 0 bridgehead atoms. The topological polar surface area (TPSA) is 116 Å². The molecular formula is C10H14NO6P. The molecule has 0 aliphatic heterocycles. The Morgan fingerprint density at radius 3 is 2.33 bits per heavy atom. The summed E-state index contributed by atoms with van der Waals surface area (Å²) >= 11 is 0. The van der Waals surface area contributed by atoms with Crippen LogP contribution in [-0.4, -0.2) is 26.8 Å². The largest absolute Gasteiger partial charge is 0.524 e. The number of phosphoric ester groups is 1. The van der Waals surface area contributed by atoms with Crippen LogP contribution < -0.4 is 10.0 Å². The number of nitrogens with one attached hydrogen (secondary N) is 1. The Hall–Kier alpha value is -1.24. The van der Waals surface area contributed by atoms with Gasteiger partial charge in [-0.15, -0.1) is 0 Å². The van der Waals surface area contributed by atoms with Crippen molar-refractivity contribution < 1.29 is 28.9 Å². The highest BCUT2D eigenvalue weighted by atomic mass is 31.2.